The van der Waals surface area contributed by atoms with E-state index in [1.807, 2.05) is 6.92 Å². The molecule has 20 heavy (non-hydrogen) atoms. The van der Waals surface area contributed by atoms with Crippen molar-refractivity contribution in [3.63, 3.8) is 0 Å². The van der Waals surface area contributed by atoms with E-state index in [1.165, 1.54) is 24.3 Å². The van der Waals surface area contributed by atoms with Gasteiger partial charge in [0.2, 0.25) is 0 Å². The molecule has 6 nitrogen and oxygen atoms in total. The predicted octanol–water partition coefficient (Wildman–Crippen LogP) is 2.75. The lowest BCUT2D eigenvalue weighted by atomic mass is 10.0. The second-order valence-corrected chi connectivity index (χ2v) is 4.48. The van der Waals surface area contributed by atoms with E-state index in [1.54, 1.807) is 0 Å². The van der Waals surface area contributed by atoms with Crippen LogP contribution in [0.3, 0.4) is 0 Å². The summed E-state index contributed by atoms with van der Waals surface area (Å²) < 4.78 is 4.98. The first-order chi connectivity index (χ1) is 9.54. The quantitative estimate of drug-likeness (QED) is 0.342. The minimum Gasteiger partial charge on any atom is -0.466 e. The van der Waals surface area contributed by atoms with Gasteiger partial charge < -0.3 is 9.84 Å². The number of unbranched alkanes of at least 4 members (excludes halogenated alkanes) is 1. The van der Waals surface area contributed by atoms with Crippen molar-refractivity contribution in [3.05, 3.63) is 39.9 Å². The molecule has 0 fully saturated rings. The number of benzene rings is 1. The molecule has 1 N–H and O–H groups in total. The summed E-state index contributed by atoms with van der Waals surface area (Å²) in [5, 5.41) is 20.4. The molecule has 0 aliphatic carbocycles. The Balaban J connectivity index is 2.40. The maximum atomic E-state index is 11.4. The van der Waals surface area contributed by atoms with Crippen molar-refractivity contribution in [3.8, 4) is 0 Å². The fourth-order valence-corrected chi connectivity index (χ4v) is 1.64. The summed E-state index contributed by atoms with van der Waals surface area (Å²) in [6.45, 7) is 2.41. The molecule has 0 amide bonds. The van der Waals surface area contributed by atoms with Gasteiger partial charge in [-0.3, -0.25) is 14.9 Å². The third-order valence-electron chi connectivity index (χ3n) is 2.87. The average molecular weight is 281 g/mol. The lowest BCUT2D eigenvalue weighted by Gasteiger charge is -2.10. The molecule has 0 saturated heterocycles. The number of non-ortho nitro benzene ring substituents is 1. The maximum absolute atomic E-state index is 11.4. The van der Waals surface area contributed by atoms with Crippen molar-refractivity contribution in [2.24, 2.45) is 0 Å². The summed E-state index contributed by atoms with van der Waals surface area (Å²) in [4.78, 5) is 21.4. The van der Waals surface area contributed by atoms with Gasteiger partial charge in [0.1, 0.15) is 0 Å². The number of nitro groups is 1. The SMILES string of the molecule is CCCCOC(=O)CCC(O)c1ccc([N+](=O)[O-])cc1. The van der Waals surface area contributed by atoms with E-state index in [0.717, 1.165) is 12.8 Å². The third-order valence-corrected chi connectivity index (χ3v) is 2.87. The molecule has 0 radical (unpaired) electrons. The largest absolute Gasteiger partial charge is 0.466 e. The zero-order chi connectivity index (χ0) is 15.0. The van der Waals surface area contributed by atoms with Crippen LogP contribution in [0.1, 0.15) is 44.3 Å². The summed E-state index contributed by atoms with van der Waals surface area (Å²) in [7, 11) is 0. The minimum absolute atomic E-state index is 0.0278. The van der Waals surface area contributed by atoms with Gasteiger partial charge in [-0.15, -0.1) is 0 Å². The van der Waals surface area contributed by atoms with Crippen LogP contribution in [0, 0.1) is 10.1 Å². The van der Waals surface area contributed by atoms with Crippen molar-refractivity contribution in [1.29, 1.82) is 0 Å². The zero-order valence-electron chi connectivity index (χ0n) is 11.4. The highest BCUT2D eigenvalue weighted by molar-refractivity contribution is 5.69. The van der Waals surface area contributed by atoms with Gasteiger partial charge in [-0.05, 0) is 30.5 Å². The highest BCUT2D eigenvalue weighted by Gasteiger charge is 2.13. The standard InChI is InChI=1S/C14H19NO5/c1-2-3-10-20-14(17)9-8-13(16)11-4-6-12(7-5-11)15(18)19/h4-7,13,16H,2-3,8-10H2,1H3. The Kier molecular flexibility index (Phi) is 6.66. The highest BCUT2D eigenvalue weighted by Crippen LogP contribution is 2.21. The van der Waals surface area contributed by atoms with E-state index >= 15 is 0 Å². The van der Waals surface area contributed by atoms with Gasteiger partial charge in [0.05, 0.1) is 17.6 Å². The first kappa shape index (κ1) is 16.1. The predicted molar refractivity (Wildman–Crippen MR) is 73.2 cm³/mol. The number of nitro benzene ring substituents is 1. The first-order valence-electron chi connectivity index (χ1n) is 6.62. The fourth-order valence-electron chi connectivity index (χ4n) is 1.64. The molecule has 6 heteroatoms. The van der Waals surface area contributed by atoms with Crippen molar-refractivity contribution in [1.82, 2.24) is 0 Å². The molecule has 0 aliphatic heterocycles. The number of carbonyl (C=O) groups is 1. The first-order valence-corrected chi connectivity index (χ1v) is 6.62. The molecule has 1 rings (SSSR count). The Morgan fingerprint density at radius 1 is 1.40 bits per heavy atom. The van der Waals surface area contributed by atoms with Crippen LogP contribution in [0.25, 0.3) is 0 Å². The molecule has 0 aromatic heterocycles. The Morgan fingerprint density at radius 3 is 2.60 bits per heavy atom. The number of rotatable bonds is 8. The lowest BCUT2D eigenvalue weighted by Crippen LogP contribution is -2.08. The molecule has 0 aliphatic rings. The summed E-state index contributed by atoms with van der Waals surface area (Å²) in [6, 6.07) is 5.65. The molecule has 1 aromatic carbocycles. The molecular formula is C14H19NO5. The van der Waals surface area contributed by atoms with Gasteiger partial charge in [-0.2, -0.15) is 0 Å². The molecule has 0 spiro atoms. The van der Waals surface area contributed by atoms with Crippen molar-refractivity contribution in [2.75, 3.05) is 6.61 Å². The van der Waals surface area contributed by atoms with Crippen LogP contribution in [0.5, 0.6) is 0 Å². The number of aliphatic hydroxyl groups is 1. The second kappa shape index (κ2) is 8.27. The van der Waals surface area contributed by atoms with Gasteiger partial charge in [-0.1, -0.05) is 13.3 Å². The zero-order valence-corrected chi connectivity index (χ0v) is 11.4. The van der Waals surface area contributed by atoms with Crippen LogP contribution in [0.4, 0.5) is 5.69 Å². The number of nitrogens with zero attached hydrogens (tertiary/aromatic N) is 1. The van der Waals surface area contributed by atoms with Gasteiger partial charge in [0.25, 0.3) is 5.69 Å². The van der Waals surface area contributed by atoms with Gasteiger partial charge in [0, 0.05) is 18.6 Å². The van der Waals surface area contributed by atoms with E-state index < -0.39 is 11.0 Å². The van der Waals surface area contributed by atoms with E-state index in [4.69, 9.17) is 4.74 Å². The lowest BCUT2D eigenvalue weighted by molar-refractivity contribution is -0.384. The molecule has 0 saturated carbocycles. The second-order valence-electron chi connectivity index (χ2n) is 4.48. The Hall–Kier alpha value is -1.95. The van der Waals surface area contributed by atoms with Gasteiger partial charge >= 0.3 is 5.97 Å². The molecule has 1 aromatic rings. The number of aliphatic hydroxyl groups excluding tert-OH is 1. The van der Waals surface area contributed by atoms with Crippen LogP contribution in [0.15, 0.2) is 24.3 Å². The fraction of sp³-hybridized carbons (Fsp3) is 0.500. The van der Waals surface area contributed by atoms with Crippen molar-refractivity contribution >= 4 is 11.7 Å². The Morgan fingerprint density at radius 2 is 2.05 bits per heavy atom. The van der Waals surface area contributed by atoms with Gasteiger partial charge in [-0.25, -0.2) is 0 Å². The summed E-state index contributed by atoms with van der Waals surface area (Å²) in [6.07, 6.45) is 1.33. The highest BCUT2D eigenvalue weighted by atomic mass is 16.6. The van der Waals surface area contributed by atoms with Gasteiger partial charge in [0.15, 0.2) is 0 Å². The number of hydrogen-bond donors (Lipinski definition) is 1. The Bertz CT molecular complexity index is 443. The summed E-state index contributed by atoms with van der Waals surface area (Å²) >= 11 is 0. The van der Waals surface area contributed by atoms with Crippen LogP contribution < -0.4 is 0 Å². The Labute approximate surface area is 117 Å². The molecule has 0 heterocycles. The molecular weight excluding hydrogens is 262 g/mol. The van der Waals surface area contributed by atoms with Crippen molar-refractivity contribution in [2.45, 2.75) is 38.7 Å². The number of carbonyl (C=O) groups excluding carboxylic acids is 1. The van der Waals surface area contributed by atoms with E-state index in [9.17, 15) is 20.0 Å². The van der Waals surface area contributed by atoms with E-state index in [-0.39, 0.29) is 24.5 Å². The maximum Gasteiger partial charge on any atom is 0.305 e. The number of esters is 1. The molecule has 1 unspecified atom stereocenters. The van der Waals surface area contributed by atoms with Crippen LogP contribution in [-0.2, 0) is 9.53 Å². The average Bonchev–Trinajstić information content (AvgIpc) is 2.45. The van der Waals surface area contributed by atoms with Crippen molar-refractivity contribution < 1.29 is 19.6 Å². The van der Waals surface area contributed by atoms with E-state index in [0.29, 0.717) is 12.2 Å². The molecule has 110 valence electrons. The van der Waals surface area contributed by atoms with E-state index in [2.05, 4.69) is 0 Å². The normalized spacial score (nSPS) is 11.9. The molecule has 1 atom stereocenters. The topological polar surface area (TPSA) is 89.7 Å². The van der Waals surface area contributed by atoms with Crippen LogP contribution in [0.2, 0.25) is 0 Å². The summed E-state index contributed by atoms with van der Waals surface area (Å²) in [5.41, 5.74) is 0.525. The van der Waals surface area contributed by atoms with Crippen LogP contribution in [-0.4, -0.2) is 22.6 Å². The van der Waals surface area contributed by atoms with Crippen LogP contribution >= 0.6 is 0 Å². The number of hydrogen-bond acceptors (Lipinski definition) is 5. The monoisotopic (exact) mass is 281 g/mol. The smallest absolute Gasteiger partial charge is 0.305 e. The molecule has 0 bridgehead atoms. The summed E-state index contributed by atoms with van der Waals surface area (Å²) in [5.74, 6) is -0.334. The minimum atomic E-state index is -0.825. The third kappa shape index (κ3) is 5.36. The number of ether oxygens (including phenoxy) is 1.